The van der Waals surface area contributed by atoms with E-state index in [0.29, 0.717) is 6.54 Å². The summed E-state index contributed by atoms with van der Waals surface area (Å²) in [5.41, 5.74) is 1.84. The fourth-order valence-electron chi connectivity index (χ4n) is 1.66. The highest BCUT2D eigenvalue weighted by molar-refractivity contribution is 5.16. The standard InChI is InChI=1S/C11H13N3O/c1-2-11-10(5-3-8-14(11)15)9-13-7-4-6-12-13/h3-8H,2,9H2,1H3. The van der Waals surface area contributed by atoms with E-state index in [2.05, 4.69) is 5.10 Å². The van der Waals surface area contributed by atoms with Crippen molar-refractivity contribution in [3.8, 4) is 0 Å². The van der Waals surface area contributed by atoms with Crippen LogP contribution in [0.4, 0.5) is 0 Å². The average Bonchev–Trinajstić information content (AvgIpc) is 2.71. The summed E-state index contributed by atoms with van der Waals surface area (Å²) < 4.78 is 2.74. The van der Waals surface area contributed by atoms with Gasteiger partial charge in [-0.05, 0) is 12.1 Å². The molecular formula is C11H13N3O. The molecule has 0 aliphatic rings. The normalized spacial score (nSPS) is 10.5. The van der Waals surface area contributed by atoms with Crippen LogP contribution < -0.4 is 4.73 Å². The van der Waals surface area contributed by atoms with Crippen molar-refractivity contribution in [1.82, 2.24) is 9.78 Å². The first-order chi connectivity index (χ1) is 7.31. The van der Waals surface area contributed by atoms with Crippen LogP contribution in [0.25, 0.3) is 0 Å². The van der Waals surface area contributed by atoms with Crippen LogP contribution in [-0.2, 0) is 13.0 Å². The van der Waals surface area contributed by atoms with Gasteiger partial charge < -0.3 is 5.21 Å². The molecule has 15 heavy (non-hydrogen) atoms. The Morgan fingerprint density at radius 1 is 1.47 bits per heavy atom. The minimum Gasteiger partial charge on any atom is -0.618 e. The van der Waals surface area contributed by atoms with Crippen molar-refractivity contribution in [3.05, 3.63) is 53.3 Å². The van der Waals surface area contributed by atoms with Gasteiger partial charge >= 0.3 is 0 Å². The molecule has 2 heterocycles. The van der Waals surface area contributed by atoms with Crippen LogP contribution in [0.1, 0.15) is 18.2 Å². The molecule has 2 aromatic heterocycles. The molecule has 0 atom stereocenters. The number of hydrogen-bond donors (Lipinski definition) is 0. The molecular weight excluding hydrogens is 190 g/mol. The summed E-state index contributed by atoms with van der Waals surface area (Å²) >= 11 is 0. The topological polar surface area (TPSA) is 44.8 Å². The lowest BCUT2D eigenvalue weighted by molar-refractivity contribution is -0.614. The van der Waals surface area contributed by atoms with Gasteiger partial charge in [-0.25, -0.2) is 0 Å². The maximum absolute atomic E-state index is 11.5. The molecule has 0 saturated carbocycles. The van der Waals surface area contributed by atoms with Crippen molar-refractivity contribution >= 4 is 0 Å². The monoisotopic (exact) mass is 203 g/mol. The number of pyridine rings is 1. The number of hydrogen-bond acceptors (Lipinski definition) is 2. The quantitative estimate of drug-likeness (QED) is 0.554. The Labute approximate surface area is 88.4 Å². The summed E-state index contributed by atoms with van der Waals surface area (Å²) in [5.74, 6) is 0. The van der Waals surface area contributed by atoms with Gasteiger partial charge in [0.15, 0.2) is 11.9 Å². The lowest BCUT2D eigenvalue weighted by Gasteiger charge is -2.08. The molecule has 0 spiro atoms. The fraction of sp³-hybridized carbons (Fsp3) is 0.273. The van der Waals surface area contributed by atoms with E-state index in [1.807, 2.05) is 29.9 Å². The molecule has 0 fully saturated rings. The van der Waals surface area contributed by atoms with E-state index in [1.54, 1.807) is 12.3 Å². The predicted molar refractivity (Wildman–Crippen MR) is 56.1 cm³/mol. The summed E-state index contributed by atoms with van der Waals surface area (Å²) in [6.07, 6.45) is 5.90. The summed E-state index contributed by atoms with van der Waals surface area (Å²) in [4.78, 5) is 0. The minimum atomic E-state index is 0.652. The second kappa shape index (κ2) is 4.13. The highest BCUT2D eigenvalue weighted by Gasteiger charge is 2.09. The van der Waals surface area contributed by atoms with Gasteiger partial charge in [0.05, 0.1) is 6.54 Å². The van der Waals surface area contributed by atoms with Gasteiger partial charge in [-0.2, -0.15) is 9.83 Å². The summed E-state index contributed by atoms with van der Waals surface area (Å²) in [6, 6.07) is 5.61. The Morgan fingerprint density at radius 2 is 2.33 bits per heavy atom. The predicted octanol–water partition coefficient (Wildman–Crippen LogP) is 1.13. The largest absolute Gasteiger partial charge is 0.618 e. The molecule has 0 saturated heterocycles. The molecule has 0 aliphatic carbocycles. The Kier molecular flexibility index (Phi) is 2.67. The van der Waals surface area contributed by atoms with Crippen LogP contribution in [0.3, 0.4) is 0 Å². The Bertz CT molecular complexity index is 437. The average molecular weight is 203 g/mol. The van der Waals surface area contributed by atoms with E-state index in [9.17, 15) is 5.21 Å². The highest BCUT2D eigenvalue weighted by atomic mass is 16.5. The molecule has 0 N–H and O–H groups in total. The van der Waals surface area contributed by atoms with Crippen molar-refractivity contribution in [2.75, 3.05) is 0 Å². The third-order valence-corrected chi connectivity index (χ3v) is 2.38. The number of nitrogens with zero attached hydrogens (tertiary/aromatic N) is 3. The van der Waals surface area contributed by atoms with Crippen molar-refractivity contribution < 1.29 is 4.73 Å². The van der Waals surface area contributed by atoms with E-state index in [1.165, 1.54) is 6.20 Å². The van der Waals surface area contributed by atoms with Gasteiger partial charge in [0.2, 0.25) is 0 Å². The summed E-state index contributed by atoms with van der Waals surface area (Å²) in [6.45, 7) is 2.63. The van der Waals surface area contributed by atoms with Crippen LogP contribution in [0, 0.1) is 5.21 Å². The number of rotatable bonds is 3. The van der Waals surface area contributed by atoms with Crippen LogP contribution in [0.15, 0.2) is 36.8 Å². The maximum Gasteiger partial charge on any atom is 0.197 e. The van der Waals surface area contributed by atoms with Crippen molar-refractivity contribution in [1.29, 1.82) is 0 Å². The maximum atomic E-state index is 11.5. The first-order valence-electron chi connectivity index (χ1n) is 4.98. The Hall–Kier alpha value is -1.84. The van der Waals surface area contributed by atoms with Crippen molar-refractivity contribution in [2.45, 2.75) is 19.9 Å². The molecule has 0 bridgehead atoms. The third-order valence-electron chi connectivity index (χ3n) is 2.38. The van der Waals surface area contributed by atoms with E-state index >= 15 is 0 Å². The lowest BCUT2D eigenvalue weighted by atomic mass is 10.1. The number of aromatic nitrogens is 3. The van der Waals surface area contributed by atoms with Crippen LogP contribution in [-0.4, -0.2) is 9.78 Å². The fourth-order valence-corrected chi connectivity index (χ4v) is 1.66. The third kappa shape index (κ3) is 1.98. The smallest absolute Gasteiger partial charge is 0.197 e. The zero-order chi connectivity index (χ0) is 10.7. The molecule has 4 nitrogen and oxygen atoms in total. The Morgan fingerprint density at radius 3 is 3.00 bits per heavy atom. The second-order valence-electron chi connectivity index (χ2n) is 3.36. The second-order valence-corrected chi connectivity index (χ2v) is 3.36. The first-order valence-corrected chi connectivity index (χ1v) is 4.98. The molecule has 0 unspecified atom stereocenters. The lowest BCUT2D eigenvalue weighted by Crippen LogP contribution is -2.32. The highest BCUT2D eigenvalue weighted by Crippen LogP contribution is 2.06. The van der Waals surface area contributed by atoms with E-state index in [-0.39, 0.29) is 0 Å². The molecule has 2 rings (SSSR count). The van der Waals surface area contributed by atoms with E-state index in [4.69, 9.17) is 0 Å². The van der Waals surface area contributed by atoms with Crippen LogP contribution in [0.2, 0.25) is 0 Å². The molecule has 4 heteroatoms. The van der Waals surface area contributed by atoms with Gasteiger partial charge in [-0.1, -0.05) is 6.92 Å². The molecule has 0 aliphatic heterocycles. The molecule has 78 valence electrons. The zero-order valence-corrected chi connectivity index (χ0v) is 8.63. The molecule has 0 radical (unpaired) electrons. The van der Waals surface area contributed by atoms with Gasteiger partial charge in [0.1, 0.15) is 0 Å². The van der Waals surface area contributed by atoms with Crippen molar-refractivity contribution in [3.63, 3.8) is 0 Å². The summed E-state index contributed by atoms with van der Waals surface area (Å²) in [5, 5.41) is 15.6. The first kappa shape index (κ1) is 9.71. The summed E-state index contributed by atoms with van der Waals surface area (Å²) in [7, 11) is 0. The Balaban J connectivity index is 2.32. The van der Waals surface area contributed by atoms with Crippen LogP contribution in [0.5, 0.6) is 0 Å². The van der Waals surface area contributed by atoms with Crippen molar-refractivity contribution in [2.24, 2.45) is 0 Å². The molecule has 2 aromatic rings. The van der Waals surface area contributed by atoms with Gasteiger partial charge in [0, 0.05) is 30.4 Å². The SMILES string of the molecule is CCc1c(Cn2cccn2)ccc[n+]1[O-]. The van der Waals surface area contributed by atoms with E-state index < -0.39 is 0 Å². The zero-order valence-electron chi connectivity index (χ0n) is 8.63. The van der Waals surface area contributed by atoms with Gasteiger partial charge in [0.25, 0.3) is 0 Å². The minimum absolute atomic E-state index is 0.652. The van der Waals surface area contributed by atoms with Gasteiger partial charge in [-0.15, -0.1) is 0 Å². The van der Waals surface area contributed by atoms with Crippen LogP contribution >= 0.6 is 0 Å². The molecule has 0 amide bonds. The van der Waals surface area contributed by atoms with Gasteiger partial charge in [-0.3, -0.25) is 4.68 Å². The van der Waals surface area contributed by atoms with E-state index in [0.717, 1.165) is 22.4 Å². The molecule has 0 aromatic carbocycles.